The molecule has 2 N–H and O–H groups in total. The maximum absolute atomic E-state index is 14.9. The van der Waals surface area contributed by atoms with Gasteiger partial charge in [-0.2, -0.15) is 0 Å². The van der Waals surface area contributed by atoms with Gasteiger partial charge in [0.2, 0.25) is 11.8 Å². The molecule has 2 bridgehead atoms. The van der Waals surface area contributed by atoms with Gasteiger partial charge in [0.05, 0.1) is 37.1 Å². The molecular weight excluding hydrogens is 690 g/mol. The molecule has 0 saturated carbocycles. The van der Waals surface area contributed by atoms with Crippen molar-refractivity contribution in [1.82, 2.24) is 10.2 Å². The molecule has 12 heteroatoms. The number of allylic oxidation sites excluding steroid dienone is 1. The quantitative estimate of drug-likeness (QED) is 0.168. The van der Waals surface area contributed by atoms with Crippen LogP contribution in [0.4, 0.5) is 5.69 Å². The molecule has 0 aliphatic carbocycles. The number of alkyl halides is 1. The van der Waals surface area contributed by atoms with Crippen LogP contribution in [0, 0.1) is 11.8 Å². The number of carbonyl (C=O) groups is 4. The fraction of sp³-hybridized carbons (Fsp3) is 0.429. The number of fused-ring (bicyclic) bond motifs is 1. The highest BCUT2D eigenvalue weighted by Gasteiger charge is 2.77. The molecule has 3 heterocycles. The number of esters is 1. The third-order valence-corrected chi connectivity index (χ3v) is 10.2. The zero-order valence-electron chi connectivity index (χ0n) is 26.1. The van der Waals surface area contributed by atoms with Crippen molar-refractivity contribution in [2.75, 3.05) is 24.6 Å². The molecule has 10 nitrogen and oxygen atoms in total. The van der Waals surface area contributed by atoms with Gasteiger partial charge in [-0.1, -0.05) is 70.0 Å². The summed E-state index contributed by atoms with van der Waals surface area (Å²) in [6.45, 7) is 8.86. The predicted molar refractivity (Wildman–Crippen MR) is 181 cm³/mol. The van der Waals surface area contributed by atoms with Crippen LogP contribution in [0.25, 0.3) is 0 Å². The highest BCUT2D eigenvalue weighted by Crippen LogP contribution is 2.61. The second-order valence-corrected chi connectivity index (χ2v) is 13.7. The van der Waals surface area contributed by atoms with Gasteiger partial charge in [-0.3, -0.25) is 19.2 Å². The van der Waals surface area contributed by atoms with E-state index in [0.717, 1.165) is 0 Å². The smallest absolute Gasteiger partial charge is 0.312 e. The Kier molecular flexibility index (Phi) is 10.9. The first-order valence-corrected chi connectivity index (χ1v) is 16.9. The molecule has 1 spiro atoms. The molecule has 3 fully saturated rings. The lowest BCUT2D eigenvalue weighted by molar-refractivity contribution is -0.159. The number of hydrogen-bond acceptors (Lipinski definition) is 7. The molecule has 2 aromatic carbocycles. The van der Waals surface area contributed by atoms with Crippen molar-refractivity contribution >= 4 is 56.9 Å². The first-order chi connectivity index (χ1) is 22.6. The van der Waals surface area contributed by atoms with E-state index in [9.17, 15) is 24.3 Å². The zero-order valence-corrected chi connectivity index (χ0v) is 28.4. The normalized spacial score (nSPS) is 27.1. The van der Waals surface area contributed by atoms with E-state index in [1.165, 1.54) is 9.80 Å². The maximum atomic E-state index is 14.9. The van der Waals surface area contributed by atoms with Crippen LogP contribution in [-0.2, 0) is 28.7 Å². The molecule has 8 atom stereocenters. The minimum atomic E-state index is -1.40. The number of hydrogen-bond donors (Lipinski definition) is 2. The molecule has 0 aromatic heterocycles. The summed E-state index contributed by atoms with van der Waals surface area (Å²) in [7, 11) is 0. The fourth-order valence-corrected chi connectivity index (χ4v) is 8.17. The summed E-state index contributed by atoms with van der Waals surface area (Å²) < 4.78 is 12.4. The monoisotopic (exact) mass is 727 g/mol. The van der Waals surface area contributed by atoms with Crippen LogP contribution in [0.3, 0.4) is 0 Å². The molecule has 3 amide bonds. The maximum Gasteiger partial charge on any atom is 0.312 e. The first-order valence-electron chi connectivity index (χ1n) is 15.6. The van der Waals surface area contributed by atoms with Crippen LogP contribution in [0.2, 0.25) is 5.02 Å². The Labute approximate surface area is 287 Å². The van der Waals surface area contributed by atoms with Gasteiger partial charge in [0.25, 0.3) is 5.91 Å². The Morgan fingerprint density at radius 1 is 1.19 bits per heavy atom. The Hall–Kier alpha value is -3.51. The first kappa shape index (κ1) is 34.8. The number of nitrogens with one attached hydrogen (secondary N) is 1. The molecule has 3 aliphatic rings. The van der Waals surface area contributed by atoms with Crippen molar-refractivity contribution < 1.29 is 33.8 Å². The van der Waals surface area contributed by atoms with E-state index in [1.54, 1.807) is 67.6 Å². The van der Waals surface area contributed by atoms with E-state index < -0.39 is 66.1 Å². The van der Waals surface area contributed by atoms with E-state index in [2.05, 4.69) is 34.4 Å². The van der Waals surface area contributed by atoms with Gasteiger partial charge >= 0.3 is 5.97 Å². The number of anilines is 1. The predicted octanol–water partition coefficient (Wildman–Crippen LogP) is 4.35. The van der Waals surface area contributed by atoms with Gasteiger partial charge in [0.1, 0.15) is 17.7 Å². The van der Waals surface area contributed by atoms with Gasteiger partial charge < -0.3 is 29.7 Å². The average Bonchev–Trinajstić information content (AvgIpc) is 3.66. The third kappa shape index (κ3) is 6.63. The molecular formula is C35H39BrClN3O7. The lowest BCUT2D eigenvalue weighted by atomic mass is 9.70. The van der Waals surface area contributed by atoms with Crippen molar-refractivity contribution in [3.8, 4) is 0 Å². The molecule has 47 heavy (non-hydrogen) atoms. The highest BCUT2D eigenvalue weighted by atomic mass is 79.9. The lowest BCUT2D eigenvalue weighted by Gasteiger charge is -2.39. The van der Waals surface area contributed by atoms with Crippen LogP contribution in [0.1, 0.15) is 37.8 Å². The number of aliphatic hydroxyl groups is 1. The van der Waals surface area contributed by atoms with Crippen LogP contribution in [-0.4, -0.2) is 82.1 Å². The Bertz CT molecular complexity index is 1510. The van der Waals surface area contributed by atoms with Gasteiger partial charge in [-0.15, -0.1) is 13.2 Å². The van der Waals surface area contributed by atoms with E-state index in [0.29, 0.717) is 22.7 Å². The standard InChI is InChI=1S/C35H39BrClN3O7/c1-4-6-12-27(42)38-19-21(3)46-34(45)28-29-32(43)40(26(20-41)22-10-8-7-9-11-22)31(35(29)18-25(36)30(28)47-35)33(44)39(17-5-2)24-15-13-23(37)14-16-24/h4-5,7-11,13-16,21,25-26,28-31,41H,1-2,6,12,17-20H2,3H3,(H,38,42)/t21-,25?,26+,28+,29-,30+,31+,35-/m0/s1. The van der Waals surface area contributed by atoms with E-state index in [-0.39, 0.29) is 36.7 Å². The average molecular weight is 729 g/mol. The minimum absolute atomic E-state index is 0.0902. The number of amides is 3. The summed E-state index contributed by atoms with van der Waals surface area (Å²) in [6, 6.07) is 13.6. The number of benzene rings is 2. The van der Waals surface area contributed by atoms with E-state index in [4.69, 9.17) is 21.1 Å². The highest BCUT2D eigenvalue weighted by molar-refractivity contribution is 9.09. The topological polar surface area (TPSA) is 125 Å². The molecule has 250 valence electrons. The molecule has 5 rings (SSSR count). The number of likely N-dealkylation sites (tertiary alicyclic amines) is 1. The molecule has 3 aliphatic heterocycles. The third-order valence-electron chi connectivity index (χ3n) is 9.12. The fourth-order valence-electron chi connectivity index (χ4n) is 7.10. The summed E-state index contributed by atoms with van der Waals surface area (Å²) in [4.78, 5) is 58.1. The van der Waals surface area contributed by atoms with Crippen LogP contribution in [0.5, 0.6) is 0 Å². The second kappa shape index (κ2) is 14.7. The van der Waals surface area contributed by atoms with Crippen molar-refractivity contribution in [1.29, 1.82) is 0 Å². The van der Waals surface area contributed by atoms with Crippen molar-refractivity contribution in [3.05, 3.63) is 90.5 Å². The van der Waals surface area contributed by atoms with Gasteiger partial charge in [0.15, 0.2) is 0 Å². The molecule has 1 unspecified atom stereocenters. The number of nitrogens with zero attached hydrogens (tertiary/aromatic N) is 2. The van der Waals surface area contributed by atoms with Gasteiger partial charge in [0, 0.05) is 28.5 Å². The zero-order chi connectivity index (χ0) is 33.9. The summed E-state index contributed by atoms with van der Waals surface area (Å²) in [5.41, 5.74) is -0.230. The van der Waals surface area contributed by atoms with Crippen LogP contribution < -0.4 is 10.2 Å². The van der Waals surface area contributed by atoms with Crippen molar-refractivity contribution in [2.45, 2.75) is 60.9 Å². The minimum Gasteiger partial charge on any atom is -0.460 e. The lowest BCUT2D eigenvalue weighted by Crippen LogP contribution is -2.57. The van der Waals surface area contributed by atoms with E-state index >= 15 is 0 Å². The van der Waals surface area contributed by atoms with Crippen molar-refractivity contribution in [2.24, 2.45) is 11.8 Å². The Morgan fingerprint density at radius 2 is 1.89 bits per heavy atom. The molecule has 0 radical (unpaired) electrons. The largest absolute Gasteiger partial charge is 0.460 e. The number of carbonyl (C=O) groups excluding carboxylic acids is 4. The summed E-state index contributed by atoms with van der Waals surface area (Å²) in [5, 5.41) is 14.0. The molecule has 2 aromatic rings. The van der Waals surface area contributed by atoms with Crippen LogP contribution in [0.15, 0.2) is 79.9 Å². The number of rotatable bonds is 14. The Balaban J connectivity index is 1.52. The van der Waals surface area contributed by atoms with Gasteiger partial charge in [-0.05, 0) is 49.6 Å². The number of halogens is 2. The molecule has 3 saturated heterocycles. The SMILES string of the molecule is C=CCCC(=O)NC[C@H](C)OC(=O)[C@H]1[C@@H]2O[C@@]3(CC2Br)[C@@H]1C(=O)N([C@H](CO)c1ccccc1)[C@@H]3C(=O)N(CC=C)c1ccc(Cl)cc1. The summed E-state index contributed by atoms with van der Waals surface area (Å²) in [6.07, 6.45) is 2.87. The number of aliphatic hydroxyl groups excluding tert-OH is 1. The Morgan fingerprint density at radius 3 is 2.53 bits per heavy atom. The number of ether oxygens (including phenoxy) is 2. The summed E-state index contributed by atoms with van der Waals surface area (Å²) >= 11 is 9.83. The van der Waals surface area contributed by atoms with Crippen molar-refractivity contribution in [3.63, 3.8) is 0 Å². The van der Waals surface area contributed by atoms with Gasteiger partial charge in [-0.25, -0.2) is 0 Å². The summed E-state index contributed by atoms with van der Waals surface area (Å²) in [5.74, 6) is -3.85. The van der Waals surface area contributed by atoms with E-state index in [1.807, 2.05) is 6.07 Å². The second-order valence-electron chi connectivity index (χ2n) is 12.1. The van der Waals surface area contributed by atoms with Crippen LogP contribution >= 0.6 is 27.5 Å².